The molecule has 1 fully saturated rings. The summed E-state index contributed by atoms with van der Waals surface area (Å²) in [4.78, 5) is 0. The van der Waals surface area contributed by atoms with E-state index in [1.807, 2.05) is 18.7 Å². The minimum Gasteiger partial charge on any atom is -0.496 e. The molecule has 1 heterocycles. The summed E-state index contributed by atoms with van der Waals surface area (Å²) in [6.07, 6.45) is 1.16. The van der Waals surface area contributed by atoms with E-state index >= 15 is 0 Å². The Morgan fingerprint density at radius 2 is 2.35 bits per heavy atom. The van der Waals surface area contributed by atoms with E-state index in [0.29, 0.717) is 17.4 Å². The van der Waals surface area contributed by atoms with Crippen molar-refractivity contribution in [2.45, 2.75) is 25.4 Å². The van der Waals surface area contributed by atoms with Crippen LogP contribution in [0.4, 0.5) is 4.39 Å². The molecule has 1 aliphatic heterocycles. The third kappa shape index (κ3) is 2.93. The molecule has 2 nitrogen and oxygen atoms in total. The number of rotatable bonds is 4. The van der Waals surface area contributed by atoms with Crippen LogP contribution in [0.1, 0.15) is 24.9 Å². The van der Waals surface area contributed by atoms with Gasteiger partial charge in [0.2, 0.25) is 0 Å². The molecule has 0 saturated carbocycles. The lowest BCUT2D eigenvalue weighted by atomic mass is 10.1. The van der Waals surface area contributed by atoms with Gasteiger partial charge in [-0.25, -0.2) is 4.39 Å². The summed E-state index contributed by atoms with van der Waals surface area (Å²) in [6.45, 7) is 1.99. The Balaban J connectivity index is 2.14. The summed E-state index contributed by atoms with van der Waals surface area (Å²) in [6, 6.07) is 5.43. The molecule has 1 aromatic carbocycles. The molecule has 0 radical (unpaired) electrons. The van der Waals surface area contributed by atoms with Gasteiger partial charge in [0.1, 0.15) is 11.6 Å². The van der Waals surface area contributed by atoms with Crippen molar-refractivity contribution in [1.82, 2.24) is 5.32 Å². The predicted octanol–water partition coefficient (Wildman–Crippen LogP) is 2.99. The van der Waals surface area contributed by atoms with Crippen LogP contribution in [0.25, 0.3) is 0 Å². The maximum atomic E-state index is 13.8. The number of halogens is 1. The van der Waals surface area contributed by atoms with E-state index in [2.05, 4.69) is 5.32 Å². The maximum absolute atomic E-state index is 13.8. The van der Waals surface area contributed by atoms with Gasteiger partial charge in [-0.05, 0) is 31.2 Å². The van der Waals surface area contributed by atoms with Crippen molar-refractivity contribution >= 4 is 11.8 Å². The third-order valence-corrected chi connectivity index (χ3v) is 4.24. The Bertz CT molecular complexity index is 380. The first kappa shape index (κ1) is 12.7. The molecule has 1 saturated heterocycles. The molecule has 0 amide bonds. The molecule has 0 bridgehead atoms. The maximum Gasteiger partial charge on any atom is 0.131 e. The number of nitrogens with one attached hydrogen (secondary N) is 1. The van der Waals surface area contributed by atoms with E-state index in [0.717, 1.165) is 12.2 Å². The van der Waals surface area contributed by atoms with Gasteiger partial charge in [0.05, 0.1) is 7.11 Å². The molecular weight excluding hydrogens is 237 g/mol. The van der Waals surface area contributed by atoms with E-state index in [9.17, 15) is 4.39 Å². The van der Waals surface area contributed by atoms with Crippen molar-refractivity contribution in [2.24, 2.45) is 0 Å². The van der Waals surface area contributed by atoms with E-state index in [1.54, 1.807) is 19.2 Å². The number of hydrogen-bond acceptors (Lipinski definition) is 3. The molecule has 2 atom stereocenters. The van der Waals surface area contributed by atoms with Crippen LogP contribution in [0.5, 0.6) is 5.75 Å². The lowest BCUT2D eigenvalue weighted by Gasteiger charge is -2.21. The van der Waals surface area contributed by atoms with E-state index < -0.39 is 0 Å². The highest BCUT2D eigenvalue weighted by Gasteiger charge is 2.21. The second-order valence-corrected chi connectivity index (χ2v) is 5.45. The Hall–Kier alpha value is -0.740. The first-order chi connectivity index (χ1) is 8.22. The SMILES string of the molecule is COc1cccc(F)c1C(C)NC1CCSC1. The van der Waals surface area contributed by atoms with Crippen molar-refractivity contribution in [3.8, 4) is 5.75 Å². The number of hydrogen-bond donors (Lipinski definition) is 1. The zero-order valence-electron chi connectivity index (χ0n) is 10.2. The van der Waals surface area contributed by atoms with Gasteiger partial charge >= 0.3 is 0 Å². The van der Waals surface area contributed by atoms with Gasteiger partial charge in [-0.3, -0.25) is 0 Å². The monoisotopic (exact) mass is 255 g/mol. The van der Waals surface area contributed by atoms with Gasteiger partial charge < -0.3 is 10.1 Å². The molecule has 2 unspecified atom stereocenters. The first-order valence-electron chi connectivity index (χ1n) is 5.88. The second-order valence-electron chi connectivity index (χ2n) is 4.30. The first-order valence-corrected chi connectivity index (χ1v) is 7.04. The quantitative estimate of drug-likeness (QED) is 0.893. The zero-order valence-corrected chi connectivity index (χ0v) is 11.0. The van der Waals surface area contributed by atoms with Crippen molar-refractivity contribution in [3.05, 3.63) is 29.6 Å². The van der Waals surface area contributed by atoms with Gasteiger partial charge in [0.15, 0.2) is 0 Å². The van der Waals surface area contributed by atoms with Crippen LogP contribution in [0, 0.1) is 5.82 Å². The average molecular weight is 255 g/mol. The summed E-state index contributed by atoms with van der Waals surface area (Å²) in [5.41, 5.74) is 0.631. The van der Waals surface area contributed by atoms with Crippen LogP contribution in [-0.4, -0.2) is 24.7 Å². The third-order valence-electron chi connectivity index (χ3n) is 3.08. The molecule has 1 aliphatic rings. The zero-order chi connectivity index (χ0) is 12.3. The van der Waals surface area contributed by atoms with Gasteiger partial charge in [-0.1, -0.05) is 6.07 Å². The normalized spacial score (nSPS) is 21.5. The highest BCUT2D eigenvalue weighted by atomic mass is 32.2. The molecule has 0 spiro atoms. The average Bonchev–Trinajstić information content (AvgIpc) is 2.81. The molecule has 1 N–H and O–H groups in total. The minimum atomic E-state index is -0.199. The van der Waals surface area contributed by atoms with Gasteiger partial charge in [-0.15, -0.1) is 0 Å². The molecule has 94 valence electrons. The number of methoxy groups -OCH3 is 1. The van der Waals surface area contributed by atoms with Crippen LogP contribution >= 0.6 is 11.8 Å². The van der Waals surface area contributed by atoms with Crippen LogP contribution in [-0.2, 0) is 0 Å². The standard InChI is InChI=1S/C13H18FNOS/c1-9(15-10-6-7-17-8-10)13-11(14)4-3-5-12(13)16-2/h3-5,9-10,15H,6-8H2,1-2H3. The Morgan fingerprint density at radius 1 is 1.53 bits per heavy atom. The lowest BCUT2D eigenvalue weighted by molar-refractivity contribution is 0.387. The summed E-state index contributed by atoms with van der Waals surface area (Å²) in [5, 5.41) is 3.47. The molecule has 2 rings (SSSR count). The fourth-order valence-corrected chi connectivity index (χ4v) is 3.38. The molecule has 4 heteroatoms. The Kier molecular flexibility index (Phi) is 4.29. The molecule has 0 aromatic heterocycles. The van der Waals surface area contributed by atoms with Crippen molar-refractivity contribution in [2.75, 3.05) is 18.6 Å². The lowest BCUT2D eigenvalue weighted by Crippen LogP contribution is -2.31. The van der Waals surface area contributed by atoms with Crippen LogP contribution < -0.4 is 10.1 Å². The van der Waals surface area contributed by atoms with Gasteiger partial charge in [0.25, 0.3) is 0 Å². The fraction of sp³-hybridized carbons (Fsp3) is 0.538. The largest absolute Gasteiger partial charge is 0.496 e. The molecule has 17 heavy (non-hydrogen) atoms. The van der Waals surface area contributed by atoms with E-state index in [-0.39, 0.29) is 11.9 Å². The van der Waals surface area contributed by atoms with Crippen molar-refractivity contribution < 1.29 is 9.13 Å². The van der Waals surface area contributed by atoms with E-state index in [1.165, 1.54) is 11.8 Å². The highest BCUT2D eigenvalue weighted by molar-refractivity contribution is 7.99. The van der Waals surface area contributed by atoms with Crippen LogP contribution in [0.3, 0.4) is 0 Å². The summed E-state index contributed by atoms with van der Waals surface area (Å²) in [5.74, 6) is 2.73. The predicted molar refractivity (Wildman–Crippen MR) is 70.2 cm³/mol. The van der Waals surface area contributed by atoms with Gasteiger partial charge in [0, 0.05) is 23.4 Å². The Labute approximate surface area is 106 Å². The molecular formula is C13H18FNOS. The number of thioether (sulfide) groups is 1. The summed E-state index contributed by atoms with van der Waals surface area (Å²) < 4.78 is 19.1. The number of benzene rings is 1. The topological polar surface area (TPSA) is 21.3 Å². The highest BCUT2D eigenvalue weighted by Crippen LogP contribution is 2.29. The second kappa shape index (κ2) is 5.74. The van der Waals surface area contributed by atoms with Crippen LogP contribution in [0.2, 0.25) is 0 Å². The number of ether oxygens (including phenoxy) is 1. The minimum absolute atomic E-state index is 0.0187. The van der Waals surface area contributed by atoms with Crippen molar-refractivity contribution in [1.29, 1.82) is 0 Å². The smallest absolute Gasteiger partial charge is 0.131 e. The molecule has 1 aromatic rings. The van der Waals surface area contributed by atoms with E-state index in [4.69, 9.17) is 4.74 Å². The van der Waals surface area contributed by atoms with Crippen LogP contribution in [0.15, 0.2) is 18.2 Å². The summed E-state index contributed by atoms with van der Waals surface area (Å²) >= 11 is 1.95. The van der Waals surface area contributed by atoms with Crippen molar-refractivity contribution in [3.63, 3.8) is 0 Å². The molecule has 0 aliphatic carbocycles. The van der Waals surface area contributed by atoms with Gasteiger partial charge in [-0.2, -0.15) is 11.8 Å². The fourth-order valence-electron chi connectivity index (χ4n) is 2.22. The Morgan fingerprint density at radius 3 is 3.00 bits per heavy atom. The summed E-state index contributed by atoms with van der Waals surface area (Å²) in [7, 11) is 1.58.